The first-order valence-electron chi connectivity index (χ1n) is 4.16. The molecule has 66 valence electrons. The second-order valence-electron chi connectivity index (χ2n) is 2.82. The number of hydrogen-bond acceptors (Lipinski definition) is 2. The van der Waals surface area contributed by atoms with E-state index < -0.39 is 0 Å². The lowest BCUT2D eigenvalue weighted by molar-refractivity contribution is 0.0619. The van der Waals surface area contributed by atoms with Gasteiger partial charge in [0.15, 0.2) is 0 Å². The van der Waals surface area contributed by atoms with E-state index in [-0.39, 0.29) is 18.6 Å². The zero-order chi connectivity index (χ0) is 8.69. The Morgan fingerprint density at radius 2 is 2.18 bits per heavy atom. The highest BCUT2D eigenvalue weighted by Crippen LogP contribution is 2.13. The Balaban J connectivity index is 3.70. The maximum atomic E-state index is 9.43. The third-order valence-corrected chi connectivity index (χ3v) is 1.83. The van der Waals surface area contributed by atoms with E-state index >= 15 is 0 Å². The molecule has 0 aromatic carbocycles. The molecule has 0 aromatic rings. The molecular weight excluding hydrogens is 140 g/mol. The van der Waals surface area contributed by atoms with Gasteiger partial charge in [-0.3, -0.25) is 0 Å². The summed E-state index contributed by atoms with van der Waals surface area (Å²) in [6.45, 7) is 5.64. The topological polar surface area (TPSA) is 40.5 Å². The van der Waals surface area contributed by atoms with E-state index in [1.54, 1.807) is 6.08 Å². The van der Waals surface area contributed by atoms with Gasteiger partial charge in [-0.1, -0.05) is 19.4 Å². The van der Waals surface area contributed by atoms with Gasteiger partial charge >= 0.3 is 0 Å². The zero-order valence-electron chi connectivity index (χ0n) is 7.16. The third kappa shape index (κ3) is 4.17. The molecule has 0 amide bonds. The maximum Gasteiger partial charge on any atom is 0.0593 e. The van der Waals surface area contributed by atoms with Crippen molar-refractivity contribution in [2.75, 3.05) is 6.61 Å². The van der Waals surface area contributed by atoms with Gasteiger partial charge in [0.25, 0.3) is 0 Å². The van der Waals surface area contributed by atoms with Crippen molar-refractivity contribution in [1.29, 1.82) is 0 Å². The highest BCUT2D eigenvalue weighted by Gasteiger charge is 2.15. The maximum absolute atomic E-state index is 9.43. The molecule has 0 spiro atoms. The van der Waals surface area contributed by atoms with Crippen LogP contribution >= 0.6 is 0 Å². The summed E-state index contributed by atoms with van der Waals surface area (Å²) in [7, 11) is 0. The van der Waals surface area contributed by atoms with Crippen LogP contribution in [-0.4, -0.2) is 22.9 Å². The van der Waals surface area contributed by atoms with Crippen molar-refractivity contribution in [1.82, 2.24) is 0 Å². The lowest BCUT2D eigenvalue weighted by Gasteiger charge is -2.18. The second-order valence-corrected chi connectivity index (χ2v) is 2.82. The van der Waals surface area contributed by atoms with Crippen LogP contribution in [0.3, 0.4) is 0 Å². The molecule has 0 saturated carbocycles. The van der Waals surface area contributed by atoms with Crippen molar-refractivity contribution in [3.8, 4) is 0 Å². The molecule has 2 unspecified atom stereocenters. The van der Waals surface area contributed by atoms with E-state index in [4.69, 9.17) is 5.11 Å². The number of aliphatic hydroxyl groups excluding tert-OH is 2. The summed E-state index contributed by atoms with van der Waals surface area (Å²) in [5.41, 5.74) is 0. The zero-order valence-corrected chi connectivity index (χ0v) is 7.16. The van der Waals surface area contributed by atoms with Gasteiger partial charge in [0.05, 0.1) is 6.10 Å². The molecule has 2 heteroatoms. The largest absolute Gasteiger partial charge is 0.396 e. The molecule has 0 aliphatic heterocycles. The molecule has 0 heterocycles. The molecule has 0 aromatic heterocycles. The quantitative estimate of drug-likeness (QED) is 0.572. The molecule has 2 nitrogen and oxygen atoms in total. The predicted molar refractivity (Wildman–Crippen MR) is 46.3 cm³/mol. The third-order valence-electron chi connectivity index (χ3n) is 1.83. The fourth-order valence-electron chi connectivity index (χ4n) is 1.10. The van der Waals surface area contributed by atoms with E-state index in [1.807, 2.05) is 6.92 Å². The van der Waals surface area contributed by atoms with Crippen LogP contribution in [0.2, 0.25) is 0 Å². The standard InChI is InChI=1S/C9H18O2/c1-3-5-8(7-10)9(11)6-4-2/h3,8-11H,1,4-7H2,2H3. The summed E-state index contributed by atoms with van der Waals surface area (Å²) in [5.74, 6) is -0.0209. The molecule has 2 N–H and O–H groups in total. The van der Waals surface area contributed by atoms with E-state index in [1.165, 1.54) is 0 Å². The normalized spacial score (nSPS) is 15.9. The van der Waals surface area contributed by atoms with E-state index in [2.05, 4.69) is 6.58 Å². The second kappa shape index (κ2) is 6.38. The Hall–Kier alpha value is -0.340. The Bertz CT molecular complexity index is 102. The first-order valence-corrected chi connectivity index (χ1v) is 4.16. The fraction of sp³-hybridized carbons (Fsp3) is 0.778. The number of rotatable bonds is 6. The molecule has 0 fully saturated rings. The van der Waals surface area contributed by atoms with Gasteiger partial charge in [-0.15, -0.1) is 6.58 Å². The summed E-state index contributed by atoms with van der Waals surface area (Å²) < 4.78 is 0. The highest BCUT2D eigenvalue weighted by molar-refractivity contribution is 4.77. The Morgan fingerprint density at radius 3 is 2.55 bits per heavy atom. The molecule has 0 aliphatic carbocycles. The van der Waals surface area contributed by atoms with Crippen LogP contribution in [0.5, 0.6) is 0 Å². The van der Waals surface area contributed by atoms with Crippen molar-refractivity contribution < 1.29 is 10.2 Å². The number of allylic oxidation sites excluding steroid dienone is 1. The van der Waals surface area contributed by atoms with Crippen molar-refractivity contribution in [3.63, 3.8) is 0 Å². The fourth-order valence-corrected chi connectivity index (χ4v) is 1.10. The van der Waals surface area contributed by atoms with Crippen LogP contribution < -0.4 is 0 Å². The molecule has 0 aliphatic rings. The average Bonchev–Trinajstić information content (AvgIpc) is 2.00. The van der Waals surface area contributed by atoms with Gasteiger partial charge in [-0.2, -0.15) is 0 Å². The van der Waals surface area contributed by atoms with Crippen molar-refractivity contribution in [2.45, 2.75) is 32.3 Å². The van der Waals surface area contributed by atoms with Gasteiger partial charge in [-0.25, -0.2) is 0 Å². The number of hydrogen-bond donors (Lipinski definition) is 2. The van der Waals surface area contributed by atoms with Gasteiger partial charge < -0.3 is 10.2 Å². The molecule has 2 atom stereocenters. The summed E-state index contributed by atoms with van der Waals surface area (Å²) in [5, 5.41) is 18.3. The minimum absolute atomic E-state index is 0.0209. The van der Waals surface area contributed by atoms with Gasteiger partial charge in [0.2, 0.25) is 0 Å². The highest BCUT2D eigenvalue weighted by atomic mass is 16.3. The van der Waals surface area contributed by atoms with Crippen molar-refractivity contribution in [2.24, 2.45) is 5.92 Å². The summed E-state index contributed by atoms with van der Waals surface area (Å²) in [4.78, 5) is 0. The molecule has 0 bridgehead atoms. The molecule has 11 heavy (non-hydrogen) atoms. The van der Waals surface area contributed by atoms with Crippen LogP contribution in [0, 0.1) is 5.92 Å². The van der Waals surface area contributed by atoms with E-state index in [0.29, 0.717) is 6.42 Å². The van der Waals surface area contributed by atoms with E-state index in [9.17, 15) is 5.11 Å². The summed E-state index contributed by atoms with van der Waals surface area (Å²) >= 11 is 0. The Kier molecular flexibility index (Phi) is 6.18. The minimum atomic E-state index is -0.372. The SMILES string of the molecule is C=CCC(CO)C(O)CCC. The van der Waals surface area contributed by atoms with Crippen LogP contribution in [-0.2, 0) is 0 Å². The van der Waals surface area contributed by atoms with Gasteiger partial charge in [-0.05, 0) is 12.8 Å². The van der Waals surface area contributed by atoms with Crippen LogP contribution in [0.25, 0.3) is 0 Å². The molecule has 0 rings (SSSR count). The molecule has 0 saturated heterocycles. The lowest BCUT2D eigenvalue weighted by Crippen LogP contribution is -2.22. The Labute approximate surface area is 68.6 Å². The first kappa shape index (κ1) is 10.7. The van der Waals surface area contributed by atoms with Crippen molar-refractivity contribution >= 4 is 0 Å². The predicted octanol–water partition coefficient (Wildman–Crippen LogP) is 1.33. The van der Waals surface area contributed by atoms with Crippen LogP contribution in [0.1, 0.15) is 26.2 Å². The summed E-state index contributed by atoms with van der Waals surface area (Å²) in [6.07, 6.45) is 3.77. The van der Waals surface area contributed by atoms with Gasteiger partial charge in [0.1, 0.15) is 0 Å². The van der Waals surface area contributed by atoms with Crippen LogP contribution in [0.15, 0.2) is 12.7 Å². The Morgan fingerprint density at radius 1 is 1.55 bits per heavy atom. The molecule has 0 radical (unpaired) electrons. The minimum Gasteiger partial charge on any atom is -0.396 e. The monoisotopic (exact) mass is 158 g/mol. The average molecular weight is 158 g/mol. The lowest BCUT2D eigenvalue weighted by atomic mass is 9.96. The van der Waals surface area contributed by atoms with E-state index in [0.717, 1.165) is 12.8 Å². The van der Waals surface area contributed by atoms with Crippen LogP contribution in [0.4, 0.5) is 0 Å². The smallest absolute Gasteiger partial charge is 0.0593 e. The van der Waals surface area contributed by atoms with Crippen molar-refractivity contribution in [3.05, 3.63) is 12.7 Å². The first-order chi connectivity index (χ1) is 5.26. The molecular formula is C9H18O2. The summed E-state index contributed by atoms with van der Waals surface area (Å²) in [6, 6.07) is 0. The van der Waals surface area contributed by atoms with Gasteiger partial charge in [0, 0.05) is 12.5 Å². The number of aliphatic hydroxyl groups is 2.